The molecule has 3 aromatic carbocycles. The van der Waals surface area contributed by atoms with Crippen molar-refractivity contribution in [1.29, 1.82) is 0 Å². The van der Waals surface area contributed by atoms with E-state index < -0.39 is 11.9 Å². The van der Waals surface area contributed by atoms with Gasteiger partial charge in [-0.2, -0.15) is 0 Å². The van der Waals surface area contributed by atoms with E-state index in [0.717, 1.165) is 11.1 Å². The molecular weight excluding hydrogens is 360 g/mol. The molecule has 146 valence electrons. The third kappa shape index (κ3) is 8.75. The highest BCUT2D eigenvalue weighted by Gasteiger charge is 1.97. The van der Waals surface area contributed by atoms with E-state index in [9.17, 15) is 9.59 Å². The van der Waals surface area contributed by atoms with Crippen molar-refractivity contribution in [2.24, 2.45) is 0 Å². The lowest BCUT2D eigenvalue weighted by atomic mass is 10.1. The summed E-state index contributed by atoms with van der Waals surface area (Å²) in [7, 11) is 0. The smallest absolute Gasteiger partial charge is 0.335 e. The summed E-state index contributed by atoms with van der Waals surface area (Å²) in [5.41, 5.74) is 2.34. The molecule has 6 nitrogen and oxygen atoms in total. The lowest BCUT2D eigenvalue weighted by molar-refractivity contribution is 0.0686. The van der Waals surface area contributed by atoms with E-state index in [-0.39, 0.29) is 13.2 Å². The van der Waals surface area contributed by atoms with Gasteiger partial charge in [-0.15, -0.1) is 0 Å². The maximum atomic E-state index is 10.2. The fourth-order valence-electron chi connectivity index (χ4n) is 1.99. The number of carboxylic acid groups (broad SMARTS) is 2. The SMILES string of the molecule is O=C(O)c1ccccc1.O=C(O)c1ccccc1.OCc1cccc(CO)c1. The Labute approximate surface area is 163 Å². The van der Waals surface area contributed by atoms with Gasteiger partial charge in [0.15, 0.2) is 0 Å². The van der Waals surface area contributed by atoms with Crippen LogP contribution < -0.4 is 0 Å². The van der Waals surface area contributed by atoms with Gasteiger partial charge in [-0.1, -0.05) is 60.7 Å². The van der Waals surface area contributed by atoms with Crippen LogP contribution in [0.3, 0.4) is 0 Å². The standard InChI is InChI=1S/C8H10O2.2C7H6O2/c9-5-7-2-1-3-8(4-7)6-10;2*8-7(9)6-4-2-1-3-5-6/h1-4,9-10H,5-6H2;2*1-5H,(H,8,9). The number of aliphatic hydroxyl groups excluding tert-OH is 2. The minimum absolute atomic E-state index is 0.0356. The highest BCUT2D eigenvalue weighted by Crippen LogP contribution is 2.04. The molecule has 0 aromatic heterocycles. The van der Waals surface area contributed by atoms with Crippen molar-refractivity contribution >= 4 is 11.9 Å². The number of hydrogen-bond donors (Lipinski definition) is 4. The zero-order valence-corrected chi connectivity index (χ0v) is 15.1. The van der Waals surface area contributed by atoms with Crippen LogP contribution in [0.5, 0.6) is 0 Å². The summed E-state index contributed by atoms with van der Waals surface area (Å²) >= 11 is 0. The number of hydrogen-bond acceptors (Lipinski definition) is 4. The first kappa shape index (κ1) is 22.6. The molecule has 0 saturated heterocycles. The molecule has 0 atom stereocenters. The third-order valence-corrected chi connectivity index (χ3v) is 3.40. The van der Waals surface area contributed by atoms with E-state index in [1.165, 1.54) is 0 Å². The predicted molar refractivity (Wildman–Crippen MR) is 105 cm³/mol. The van der Waals surface area contributed by atoms with E-state index in [2.05, 4.69) is 0 Å². The van der Waals surface area contributed by atoms with Crippen LogP contribution in [0.4, 0.5) is 0 Å². The molecule has 0 unspecified atom stereocenters. The first-order chi connectivity index (χ1) is 13.5. The summed E-state index contributed by atoms with van der Waals surface area (Å²) in [6.45, 7) is 0.0711. The van der Waals surface area contributed by atoms with Gasteiger partial charge in [0.2, 0.25) is 0 Å². The minimum Gasteiger partial charge on any atom is -0.478 e. The molecule has 0 aliphatic heterocycles. The normalized spacial score (nSPS) is 9.21. The lowest BCUT2D eigenvalue weighted by Crippen LogP contribution is -1.93. The number of carbonyl (C=O) groups is 2. The van der Waals surface area contributed by atoms with Crippen molar-refractivity contribution in [2.45, 2.75) is 13.2 Å². The Bertz CT molecular complexity index is 778. The Morgan fingerprint density at radius 2 is 0.929 bits per heavy atom. The van der Waals surface area contributed by atoms with E-state index in [1.807, 2.05) is 18.2 Å². The Morgan fingerprint density at radius 1 is 0.571 bits per heavy atom. The molecule has 0 bridgehead atoms. The summed E-state index contributed by atoms with van der Waals surface area (Å²) < 4.78 is 0. The molecule has 0 saturated carbocycles. The number of benzene rings is 3. The van der Waals surface area contributed by atoms with Crippen molar-refractivity contribution in [1.82, 2.24) is 0 Å². The van der Waals surface area contributed by atoms with Crippen LogP contribution in [0.1, 0.15) is 31.8 Å². The van der Waals surface area contributed by atoms with E-state index in [1.54, 1.807) is 66.7 Å². The maximum absolute atomic E-state index is 10.2. The maximum Gasteiger partial charge on any atom is 0.335 e. The van der Waals surface area contributed by atoms with Gasteiger partial charge in [0, 0.05) is 0 Å². The summed E-state index contributed by atoms with van der Waals surface area (Å²) in [6, 6.07) is 23.8. The highest BCUT2D eigenvalue weighted by molar-refractivity contribution is 5.87. The number of aromatic carboxylic acids is 2. The van der Waals surface area contributed by atoms with Gasteiger partial charge in [0.05, 0.1) is 24.3 Å². The second kappa shape index (κ2) is 12.8. The van der Waals surface area contributed by atoms with E-state index in [4.69, 9.17) is 20.4 Å². The van der Waals surface area contributed by atoms with Gasteiger partial charge in [-0.05, 0) is 35.4 Å². The summed E-state index contributed by atoms with van der Waals surface area (Å²) in [4.78, 5) is 20.4. The van der Waals surface area contributed by atoms with Gasteiger partial charge in [-0.3, -0.25) is 0 Å². The van der Waals surface area contributed by atoms with Gasteiger partial charge in [0.25, 0.3) is 0 Å². The van der Waals surface area contributed by atoms with Gasteiger partial charge in [-0.25, -0.2) is 9.59 Å². The van der Waals surface area contributed by atoms with Gasteiger partial charge in [0.1, 0.15) is 0 Å². The highest BCUT2D eigenvalue weighted by atomic mass is 16.4. The van der Waals surface area contributed by atoms with Crippen molar-refractivity contribution < 1.29 is 30.0 Å². The van der Waals surface area contributed by atoms with Crippen LogP contribution >= 0.6 is 0 Å². The van der Waals surface area contributed by atoms with E-state index >= 15 is 0 Å². The Hall–Kier alpha value is -3.48. The first-order valence-corrected chi connectivity index (χ1v) is 8.34. The second-order valence-electron chi connectivity index (χ2n) is 5.48. The quantitative estimate of drug-likeness (QED) is 0.549. The third-order valence-electron chi connectivity index (χ3n) is 3.40. The topological polar surface area (TPSA) is 115 Å². The minimum atomic E-state index is -0.879. The average Bonchev–Trinajstić information content (AvgIpc) is 2.76. The van der Waals surface area contributed by atoms with Crippen LogP contribution in [-0.4, -0.2) is 32.4 Å². The van der Waals surface area contributed by atoms with Crippen molar-refractivity contribution in [3.63, 3.8) is 0 Å². The Balaban J connectivity index is 0.000000210. The molecular formula is C22H22O6. The fraction of sp³-hybridized carbons (Fsp3) is 0.0909. The molecule has 3 rings (SSSR count). The largest absolute Gasteiger partial charge is 0.478 e. The zero-order chi connectivity index (χ0) is 20.8. The molecule has 6 heteroatoms. The molecule has 0 fully saturated rings. The molecule has 3 aromatic rings. The molecule has 4 N–H and O–H groups in total. The Morgan fingerprint density at radius 3 is 1.18 bits per heavy atom. The van der Waals surface area contributed by atoms with Crippen LogP contribution in [0.15, 0.2) is 84.9 Å². The monoisotopic (exact) mass is 382 g/mol. The lowest BCUT2D eigenvalue weighted by Gasteiger charge is -1.97. The molecule has 0 amide bonds. The first-order valence-electron chi connectivity index (χ1n) is 8.34. The van der Waals surface area contributed by atoms with Gasteiger partial charge < -0.3 is 20.4 Å². The summed E-state index contributed by atoms with van der Waals surface area (Å²) in [6.07, 6.45) is 0. The number of rotatable bonds is 4. The second-order valence-corrected chi connectivity index (χ2v) is 5.48. The molecule has 0 aliphatic rings. The van der Waals surface area contributed by atoms with Crippen LogP contribution in [0.2, 0.25) is 0 Å². The van der Waals surface area contributed by atoms with Crippen molar-refractivity contribution in [3.8, 4) is 0 Å². The van der Waals surface area contributed by atoms with Gasteiger partial charge >= 0.3 is 11.9 Å². The zero-order valence-electron chi connectivity index (χ0n) is 15.1. The molecule has 0 heterocycles. The van der Waals surface area contributed by atoms with Crippen LogP contribution in [-0.2, 0) is 13.2 Å². The average molecular weight is 382 g/mol. The molecule has 28 heavy (non-hydrogen) atoms. The van der Waals surface area contributed by atoms with Crippen LogP contribution in [0, 0.1) is 0 Å². The molecule has 0 spiro atoms. The molecule has 0 aliphatic carbocycles. The molecule has 0 radical (unpaired) electrons. The summed E-state index contributed by atoms with van der Waals surface area (Å²) in [5, 5.41) is 34.1. The number of aliphatic hydroxyl groups is 2. The van der Waals surface area contributed by atoms with Crippen molar-refractivity contribution in [3.05, 3.63) is 107 Å². The fourth-order valence-corrected chi connectivity index (χ4v) is 1.99. The summed E-state index contributed by atoms with van der Waals surface area (Å²) in [5.74, 6) is -1.76. The Kier molecular flexibility index (Phi) is 10.3. The van der Waals surface area contributed by atoms with Crippen LogP contribution in [0.25, 0.3) is 0 Å². The van der Waals surface area contributed by atoms with E-state index in [0.29, 0.717) is 11.1 Å². The predicted octanol–water partition coefficient (Wildman–Crippen LogP) is 3.44. The van der Waals surface area contributed by atoms with Crippen molar-refractivity contribution in [2.75, 3.05) is 0 Å². The number of carboxylic acids is 2.